The van der Waals surface area contributed by atoms with Gasteiger partial charge in [0.15, 0.2) is 0 Å². The lowest BCUT2D eigenvalue weighted by Gasteiger charge is -2.55. The summed E-state index contributed by atoms with van der Waals surface area (Å²) < 4.78 is 0. The predicted octanol–water partition coefficient (Wildman–Crippen LogP) is 3.71. The number of thiophene rings is 1. The molecular weight excluding hydrogens is 326 g/mol. The molecule has 1 heterocycles. The SMILES string of the molecule is CC(=NNC(=O)C12CC3CC(CC(C3)C1)C2)c1ccc([N+](=O)[O-])s1. The van der Waals surface area contributed by atoms with E-state index in [2.05, 4.69) is 10.5 Å². The number of rotatable bonds is 4. The van der Waals surface area contributed by atoms with Gasteiger partial charge in [0.1, 0.15) is 0 Å². The van der Waals surface area contributed by atoms with Gasteiger partial charge in [0.2, 0.25) is 5.91 Å². The van der Waals surface area contributed by atoms with Gasteiger partial charge in [-0.15, -0.1) is 0 Å². The van der Waals surface area contributed by atoms with Gasteiger partial charge in [-0.25, -0.2) is 5.43 Å². The first kappa shape index (κ1) is 15.7. The van der Waals surface area contributed by atoms with E-state index in [4.69, 9.17) is 0 Å². The first-order chi connectivity index (χ1) is 11.4. The summed E-state index contributed by atoms with van der Waals surface area (Å²) in [5, 5.41) is 15.1. The zero-order valence-electron chi connectivity index (χ0n) is 13.7. The molecule has 0 aromatic carbocycles. The van der Waals surface area contributed by atoms with Crippen LogP contribution in [0.4, 0.5) is 5.00 Å². The minimum absolute atomic E-state index is 0.0482. The molecule has 0 radical (unpaired) electrons. The molecule has 6 nitrogen and oxygen atoms in total. The van der Waals surface area contributed by atoms with E-state index in [1.54, 1.807) is 13.0 Å². The lowest BCUT2D eigenvalue weighted by atomic mass is 9.49. The summed E-state index contributed by atoms with van der Waals surface area (Å²) in [7, 11) is 0. The summed E-state index contributed by atoms with van der Waals surface area (Å²) in [5.41, 5.74) is 3.16. The Balaban J connectivity index is 1.47. The molecule has 0 aliphatic heterocycles. The van der Waals surface area contributed by atoms with E-state index in [1.807, 2.05) is 0 Å². The van der Waals surface area contributed by atoms with Crippen LogP contribution >= 0.6 is 11.3 Å². The van der Waals surface area contributed by atoms with Crippen molar-refractivity contribution < 1.29 is 9.72 Å². The topological polar surface area (TPSA) is 84.6 Å². The molecule has 1 aromatic rings. The number of hydrazone groups is 1. The van der Waals surface area contributed by atoms with Crippen molar-refractivity contribution in [1.29, 1.82) is 0 Å². The highest BCUT2D eigenvalue weighted by atomic mass is 32.1. The molecule has 5 rings (SSSR count). The summed E-state index contributed by atoms with van der Waals surface area (Å²) in [4.78, 5) is 23.9. The van der Waals surface area contributed by atoms with E-state index >= 15 is 0 Å². The maximum absolute atomic E-state index is 12.8. The van der Waals surface area contributed by atoms with Gasteiger partial charge in [-0.1, -0.05) is 11.3 Å². The van der Waals surface area contributed by atoms with Gasteiger partial charge >= 0.3 is 5.00 Å². The fourth-order valence-electron chi connectivity index (χ4n) is 5.32. The minimum atomic E-state index is -0.407. The molecule has 4 saturated carbocycles. The number of nitrogens with one attached hydrogen (secondary N) is 1. The second kappa shape index (κ2) is 5.65. The Bertz CT molecular complexity index is 689. The van der Waals surface area contributed by atoms with Crippen molar-refractivity contribution in [3.05, 3.63) is 27.1 Å². The van der Waals surface area contributed by atoms with E-state index in [9.17, 15) is 14.9 Å². The van der Waals surface area contributed by atoms with Crippen LogP contribution in [0.25, 0.3) is 0 Å². The molecule has 4 aliphatic carbocycles. The summed E-state index contributed by atoms with van der Waals surface area (Å²) in [6.07, 6.45) is 6.91. The summed E-state index contributed by atoms with van der Waals surface area (Å²) >= 11 is 1.08. The van der Waals surface area contributed by atoms with Gasteiger partial charge in [0.25, 0.3) is 0 Å². The van der Waals surface area contributed by atoms with Gasteiger partial charge in [0.05, 0.1) is 20.9 Å². The molecule has 1 N–H and O–H groups in total. The van der Waals surface area contributed by atoms with Crippen LogP contribution in [-0.4, -0.2) is 16.5 Å². The third-order valence-corrected chi connectivity index (χ3v) is 7.12. The Labute approximate surface area is 144 Å². The fraction of sp³-hybridized carbons (Fsp3) is 0.647. The Morgan fingerprint density at radius 2 is 1.83 bits per heavy atom. The van der Waals surface area contributed by atoms with Gasteiger partial charge in [-0.2, -0.15) is 5.10 Å². The summed E-state index contributed by atoms with van der Waals surface area (Å²) in [6.45, 7) is 1.77. The highest BCUT2D eigenvalue weighted by molar-refractivity contribution is 7.17. The minimum Gasteiger partial charge on any atom is -0.273 e. The molecule has 1 amide bonds. The number of amides is 1. The van der Waals surface area contributed by atoms with Crippen LogP contribution in [0.1, 0.15) is 50.3 Å². The van der Waals surface area contributed by atoms with Crippen LogP contribution in [0, 0.1) is 33.3 Å². The summed E-state index contributed by atoms with van der Waals surface area (Å²) in [6, 6.07) is 3.15. The number of hydrogen-bond donors (Lipinski definition) is 1. The molecule has 24 heavy (non-hydrogen) atoms. The van der Waals surface area contributed by atoms with E-state index in [1.165, 1.54) is 25.3 Å². The quantitative estimate of drug-likeness (QED) is 0.512. The van der Waals surface area contributed by atoms with Crippen LogP contribution in [0.5, 0.6) is 0 Å². The molecule has 128 valence electrons. The Morgan fingerprint density at radius 1 is 1.25 bits per heavy atom. The highest BCUT2D eigenvalue weighted by Gasteiger charge is 2.54. The third-order valence-electron chi connectivity index (χ3n) is 5.97. The number of carbonyl (C=O) groups excluding carboxylic acids is 1. The number of hydrogen-bond acceptors (Lipinski definition) is 5. The van der Waals surface area contributed by atoms with Crippen molar-refractivity contribution in [3.63, 3.8) is 0 Å². The van der Waals surface area contributed by atoms with Gasteiger partial charge in [-0.3, -0.25) is 14.9 Å². The molecule has 1 aromatic heterocycles. The van der Waals surface area contributed by atoms with Crippen molar-refractivity contribution in [2.75, 3.05) is 0 Å². The Hall–Kier alpha value is -1.76. The number of carbonyl (C=O) groups is 1. The van der Waals surface area contributed by atoms with Crippen LogP contribution in [-0.2, 0) is 4.79 Å². The van der Waals surface area contributed by atoms with Gasteiger partial charge in [-0.05, 0) is 69.3 Å². The lowest BCUT2D eigenvalue weighted by Crippen LogP contribution is -2.52. The van der Waals surface area contributed by atoms with E-state index < -0.39 is 4.92 Å². The second-order valence-electron chi connectivity index (χ2n) is 7.73. The van der Waals surface area contributed by atoms with Crippen molar-refractivity contribution in [1.82, 2.24) is 5.43 Å². The number of nitro groups is 1. The van der Waals surface area contributed by atoms with Crippen molar-refractivity contribution >= 4 is 28.0 Å². The molecule has 0 saturated heterocycles. The summed E-state index contributed by atoms with van der Waals surface area (Å²) in [5.74, 6) is 2.19. The molecule has 4 aliphatic rings. The van der Waals surface area contributed by atoms with E-state index in [0.717, 1.165) is 30.6 Å². The van der Waals surface area contributed by atoms with Crippen LogP contribution < -0.4 is 5.43 Å². The second-order valence-corrected chi connectivity index (χ2v) is 8.79. The van der Waals surface area contributed by atoms with Crippen LogP contribution in [0.15, 0.2) is 17.2 Å². The zero-order valence-corrected chi connectivity index (χ0v) is 14.5. The zero-order chi connectivity index (χ0) is 16.9. The fourth-order valence-corrected chi connectivity index (χ4v) is 6.08. The molecule has 4 bridgehead atoms. The number of nitrogens with zero attached hydrogens (tertiary/aromatic N) is 2. The monoisotopic (exact) mass is 347 g/mol. The standard InChI is InChI=1S/C17H21N3O3S/c1-10(14-2-3-15(24-14)20(22)23)18-19-16(21)17-7-11-4-12(8-17)6-13(5-11)9-17/h2-3,11-13H,4-9H2,1H3,(H,19,21). The predicted molar refractivity (Wildman–Crippen MR) is 91.9 cm³/mol. The Kier molecular flexibility index (Phi) is 3.71. The smallest absolute Gasteiger partial charge is 0.273 e. The van der Waals surface area contributed by atoms with Gasteiger partial charge < -0.3 is 0 Å². The third kappa shape index (κ3) is 2.64. The maximum atomic E-state index is 12.8. The average Bonchev–Trinajstić information content (AvgIpc) is 3.01. The molecule has 0 spiro atoms. The molecule has 0 atom stereocenters. The van der Waals surface area contributed by atoms with Gasteiger partial charge in [0, 0.05) is 6.07 Å². The van der Waals surface area contributed by atoms with E-state index in [0.29, 0.717) is 28.3 Å². The Morgan fingerprint density at radius 3 is 2.33 bits per heavy atom. The van der Waals surface area contributed by atoms with Crippen molar-refractivity contribution in [2.45, 2.75) is 45.4 Å². The first-order valence-corrected chi connectivity index (χ1v) is 9.36. The van der Waals surface area contributed by atoms with Crippen LogP contribution in [0.2, 0.25) is 0 Å². The van der Waals surface area contributed by atoms with Crippen LogP contribution in [0.3, 0.4) is 0 Å². The maximum Gasteiger partial charge on any atom is 0.324 e. The molecule has 7 heteroatoms. The first-order valence-electron chi connectivity index (χ1n) is 8.54. The molecule has 4 fully saturated rings. The molecular formula is C17H21N3O3S. The van der Waals surface area contributed by atoms with Crippen molar-refractivity contribution in [2.24, 2.45) is 28.3 Å². The largest absolute Gasteiger partial charge is 0.324 e. The normalized spacial score (nSPS) is 34.4. The van der Waals surface area contributed by atoms with E-state index in [-0.39, 0.29) is 16.3 Å². The molecule has 0 unspecified atom stereocenters. The van der Waals surface area contributed by atoms with Crippen molar-refractivity contribution in [3.8, 4) is 0 Å². The average molecular weight is 347 g/mol. The lowest BCUT2D eigenvalue weighted by molar-refractivity contribution is -0.380. The highest BCUT2D eigenvalue weighted by Crippen LogP contribution is 2.60.